The summed E-state index contributed by atoms with van der Waals surface area (Å²) in [7, 11) is 0. The number of nitrogens with zero attached hydrogens (tertiary/aromatic N) is 5. The van der Waals surface area contributed by atoms with Gasteiger partial charge in [-0.05, 0) is 124 Å². The molecule has 0 unspecified atom stereocenters. The summed E-state index contributed by atoms with van der Waals surface area (Å²) in [6.07, 6.45) is 0. The molecule has 0 saturated heterocycles. The second-order valence-corrected chi connectivity index (χ2v) is 21.8. The number of benzene rings is 12. The lowest BCUT2D eigenvalue weighted by Gasteiger charge is -2.45. The summed E-state index contributed by atoms with van der Waals surface area (Å²) < 4.78 is 45.8. The Balaban J connectivity index is 0.941. The van der Waals surface area contributed by atoms with Gasteiger partial charge < -0.3 is 28.6 Å². The first kappa shape index (κ1) is 45.3. The van der Waals surface area contributed by atoms with Gasteiger partial charge in [-0.25, -0.2) is 8.78 Å². The van der Waals surface area contributed by atoms with Crippen LogP contribution in [0.2, 0.25) is 0 Å². The van der Waals surface area contributed by atoms with Crippen LogP contribution in [0.25, 0.3) is 55.0 Å². The summed E-state index contributed by atoms with van der Waals surface area (Å²) in [5, 5.41) is 4.59. The number of fused-ring (bicyclic) bond motifs is 14. The van der Waals surface area contributed by atoms with Gasteiger partial charge >= 0.3 is 0 Å². The number of halogens is 2. The molecule has 0 saturated carbocycles. The average molecular weight is 1050 g/mol. The SMILES string of the molecule is Fc1ccccc1N1c2ccccc2B2c3cc4c(cc3Oc3cc(-n5c6ccccc6c6ccccc65)cc1c32)N(c1ccccc1)c1cc(-n2c3ccccc3c3ccccc32)cc2c1B4c1ccccc1N2c1ccccc1F. The van der Waals surface area contributed by atoms with E-state index in [2.05, 4.69) is 230 Å². The first-order valence-electron chi connectivity index (χ1n) is 27.9. The third-order valence-electron chi connectivity index (χ3n) is 17.6. The molecule has 0 N–H and O–H groups in total. The molecule has 0 spiro atoms. The number of hydrogen-bond acceptors (Lipinski definition) is 4. The van der Waals surface area contributed by atoms with Crippen LogP contribution in [0.1, 0.15) is 0 Å². The minimum absolute atomic E-state index is 0.302. The average Bonchev–Trinajstić information content (AvgIpc) is 1.09. The van der Waals surface area contributed by atoms with Gasteiger partial charge in [0.25, 0.3) is 13.4 Å². The fourth-order valence-corrected chi connectivity index (χ4v) is 14.4. The first-order chi connectivity index (χ1) is 40.6. The molecule has 10 heteroatoms. The minimum Gasteiger partial charge on any atom is -0.458 e. The molecule has 0 amide bonds. The van der Waals surface area contributed by atoms with E-state index in [9.17, 15) is 0 Å². The van der Waals surface area contributed by atoms with E-state index in [-0.39, 0.29) is 25.1 Å². The standard InChI is InChI=1S/C72H43B2F2N5O/c75-55-28-10-18-36-63(55)80-61-34-16-8-26-51(61)73-53-42-54-69(43-65(53)77(44-20-2-1-3-21-44)66-38-45(39-67(80)71(66)73)78-57-30-12-4-22-47(57)48-23-5-13-31-58(48)78)82-70-41-46(79-59-32-14-6-24-49(59)50-25-7-15-33-60(50)79)40-68-72(70)74(54)52-27-9-17-35-62(52)81(68)64-37-19-11-29-56(64)76/h1-43H. The summed E-state index contributed by atoms with van der Waals surface area (Å²) in [5.74, 6) is 0.793. The summed E-state index contributed by atoms with van der Waals surface area (Å²) in [6.45, 7) is -0.619. The van der Waals surface area contributed by atoms with Crippen LogP contribution in [-0.2, 0) is 0 Å². The van der Waals surface area contributed by atoms with E-state index in [0.29, 0.717) is 17.1 Å². The fourth-order valence-electron chi connectivity index (χ4n) is 14.4. The van der Waals surface area contributed by atoms with Crippen molar-refractivity contribution in [2.24, 2.45) is 0 Å². The molecule has 14 aromatic rings. The van der Waals surface area contributed by atoms with Crippen molar-refractivity contribution in [3.63, 3.8) is 0 Å². The van der Waals surface area contributed by atoms with E-state index in [1.807, 2.05) is 30.3 Å². The number of para-hydroxylation sites is 9. The van der Waals surface area contributed by atoms with Crippen molar-refractivity contribution < 1.29 is 13.5 Å². The number of anilines is 9. The molecule has 382 valence electrons. The van der Waals surface area contributed by atoms with Gasteiger partial charge in [-0.2, -0.15) is 0 Å². The Kier molecular flexibility index (Phi) is 9.38. The molecule has 0 radical (unpaired) electrons. The van der Waals surface area contributed by atoms with E-state index < -0.39 is 0 Å². The Labute approximate surface area is 471 Å². The molecule has 0 atom stereocenters. The predicted molar refractivity (Wildman–Crippen MR) is 335 cm³/mol. The zero-order valence-electron chi connectivity index (χ0n) is 43.9. The van der Waals surface area contributed by atoms with Gasteiger partial charge in [0.15, 0.2) is 0 Å². The Bertz CT molecular complexity index is 4970. The van der Waals surface area contributed by atoms with Crippen molar-refractivity contribution in [3.05, 3.63) is 272 Å². The highest BCUT2D eigenvalue weighted by molar-refractivity contribution is 7.02. The topological polar surface area (TPSA) is 28.8 Å². The predicted octanol–water partition coefficient (Wildman–Crippen LogP) is 14.6. The highest BCUT2D eigenvalue weighted by Crippen LogP contribution is 2.49. The van der Waals surface area contributed by atoms with Crippen molar-refractivity contribution in [1.82, 2.24) is 9.13 Å². The van der Waals surface area contributed by atoms with E-state index >= 15 is 8.78 Å². The molecule has 0 aliphatic carbocycles. The van der Waals surface area contributed by atoms with Crippen LogP contribution >= 0.6 is 0 Å². The maximum Gasteiger partial charge on any atom is 0.256 e. The molecule has 2 aromatic heterocycles. The van der Waals surface area contributed by atoms with Crippen molar-refractivity contribution in [2.75, 3.05) is 14.7 Å². The van der Waals surface area contributed by atoms with Gasteiger partial charge in [0.1, 0.15) is 23.1 Å². The number of ether oxygens (including phenoxy) is 1. The van der Waals surface area contributed by atoms with Crippen LogP contribution in [0.3, 0.4) is 0 Å². The van der Waals surface area contributed by atoms with Crippen LogP contribution < -0.4 is 52.2 Å². The zero-order chi connectivity index (χ0) is 53.9. The Morgan fingerprint density at radius 2 is 0.671 bits per heavy atom. The molecule has 0 bridgehead atoms. The van der Waals surface area contributed by atoms with E-state index in [1.54, 1.807) is 18.2 Å². The van der Waals surface area contributed by atoms with Gasteiger partial charge in [0, 0.05) is 73.5 Å². The van der Waals surface area contributed by atoms with Crippen LogP contribution in [0, 0.1) is 11.6 Å². The van der Waals surface area contributed by atoms with Crippen LogP contribution in [-0.4, -0.2) is 22.6 Å². The monoisotopic (exact) mass is 1050 g/mol. The quantitative estimate of drug-likeness (QED) is 0.161. The molecular formula is C72H43B2F2N5O. The number of rotatable bonds is 5. The number of aromatic nitrogens is 2. The Hall–Kier alpha value is -10.6. The molecule has 18 rings (SSSR count). The van der Waals surface area contributed by atoms with E-state index in [4.69, 9.17) is 4.74 Å². The molecular weight excluding hydrogens is 1010 g/mol. The third-order valence-corrected chi connectivity index (χ3v) is 17.6. The highest BCUT2D eigenvalue weighted by atomic mass is 19.1. The molecule has 4 aliphatic heterocycles. The maximum atomic E-state index is 16.9. The van der Waals surface area contributed by atoms with E-state index in [1.165, 1.54) is 6.07 Å². The van der Waals surface area contributed by atoms with Gasteiger partial charge in [-0.1, -0.05) is 158 Å². The summed E-state index contributed by atoms with van der Waals surface area (Å²) in [5.41, 5.74) is 19.7. The van der Waals surface area contributed by atoms with Gasteiger partial charge in [-0.15, -0.1) is 0 Å². The molecule has 12 aromatic carbocycles. The van der Waals surface area contributed by atoms with E-state index in [0.717, 1.165) is 133 Å². The van der Waals surface area contributed by atoms with Crippen LogP contribution in [0.15, 0.2) is 261 Å². The van der Waals surface area contributed by atoms with Gasteiger partial charge in [0.2, 0.25) is 0 Å². The fraction of sp³-hybridized carbons (Fsp3) is 0. The first-order valence-corrected chi connectivity index (χ1v) is 27.9. The van der Waals surface area contributed by atoms with Crippen molar-refractivity contribution in [1.29, 1.82) is 0 Å². The zero-order valence-corrected chi connectivity index (χ0v) is 43.9. The normalized spacial score (nSPS) is 13.5. The highest BCUT2D eigenvalue weighted by Gasteiger charge is 2.48. The maximum absolute atomic E-state index is 16.9. The third kappa shape index (κ3) is 6.18. The lowest BCUT2D eigenvalue weighted by molar-refractivity contribution is 0.487. The van der Waals surface area contributed by atoms with Gasteiger partial charge in [-0.3, -0.25) is 0 Å². The summed E-state index contributed by atoms with van der Waals surface area (Å²) in [6, 6.07) is 89.6. The molecule has 0 fully saturated rings. The van der Waals surface area contributed by atoms with Gasteiger partial charge in [0.05, 0.1) is 44.8 Å². The number of hydrogen-bond donors (Lipinski definition) is 0. The lowest BCUT2D eigenvalue weighted by atomic mass is 9.30. The summed E-state index contributed by atoms with van der Waals surface area (Å²) >= 11 is 0. The summed E-state index contributed by atoms with van der Waals surface area (Å²) in [4.78, 5) is 6.62. The van der Waals surface area contributed by atoms with Crippen LogP contribution in [0.5, 0.6) is 11.5 Å². The molecule has 6 heterocycles. The molecule has 6 nitrogen and oxygen atoms in total. The minimum atomic E-state index is -0.324. The van der Waals surface area contributed by atoms with Crippen LogP contribution in [0.4, 0.5) is 60.0 Å². The second-order valence-electron chi connectivity index (χ2n) is 21.8. The molecule has 82 heavy (non-hydrogen) atoms. The second kappa shape index (κ2) is 17.0. The van der Waals surface area contributed by atoms with Crippen molar-refractivity contribution >= 4 is 141 Å². The largest absolute Gasteiger partial charge is 0.458 e. The Morgan fingerprint density at radius 1 is 0.268 bits per heavy atom. The Morgan fingerprint density at radius 3 is 1.18 bits per heavy atom. The molecule has 4 aliphatic rings. The van der Waals surface area contributed by atoms with Crippen molar-refractivity contribution in [3.8, 4) is 22.9 Å². The lowest BCUT2D eigenvalue weighted by Crippen LogP contribution is -2.64. The van der Waals surface area contributed by atoms with Crippen molar-refractivity contribution in [2.45, 2.75) is 0 Å². The smallest absolute Gasteiger partial charge is 0.256 e.